The van der Waals surface area contributed by atoms with Gasteiger partial charge in [-0.15, -0.1) is 0 Å². The molecule has 0 aliphatic rings. The fraction of sp³-hybridized carbons (Fsp3) is 0.125. The molecule has 0 unspecified atom stereocenters. The van der Waals surface area contributed by atoms with Gasteiger partial charge in [-0.05, 0) is 56.2 Å². The van der Waals surface area contributed by atoms with Crippen molar-refractivity contribution in [2.45, 2.75) is 20.8 Å². The molecule has 2 aromatic carbocycles. The van der Waals surface area contributed by atoms with Crippen LogP contribution in [-0.4, -0.2) is 23.0 Å². The lowest BCUT2D eigenvalue weighted by Gasteiger charge is -2.12. The highest BCUT2D eigenvalue weighted by molar-refractivity contribution is 5.93. The summed E-state index contributed by atoms with van der Waals surface area (Å²) in [7, 11) is 0. The fourth-order valence-electron chi connectivity index (χ4n) is 2.34. The number of esters is 2. The number of carboxylic acid groups (broad SMARTS) is 1. The minimum absolute atomic E-state index is 0.0871. The average Bonchev–Trinajstić information content (AvgIpc) is 2.69. The Kier molecular flexibility index (Phi) is 7.09. The molecule has 2 aromatic rings. The molecule has 0 atom stereocenters. The number of benzene rings is 2. The summed E-state index contributed by atoms with van der Waals surface area (Å²) in [5, 5.41) is 9.14. The van der Waals surface area contributed by atoms with Gasteiger partial charge >= 0.3 is 17.9 Å². The van der Waals surface area contributed by atoms with Gasteiger partial charge in [0.1, 0.15) is 11.5 Å². The van der Waals surface area contributed by atoms with E-state index in [1.165, 1.54) is 19.9 Å². The molecule has 0 amide bonds. The molecule has 6 heteroatoms. The number of carboxylic acids is 1. The van der Waals surface area contributed by atoms with E-state index in [9.17, 15) is 14.4 Å². The second-order valence-corrected chi connectivity index (χ2v) is 6.75. The zero-order valence-corrected chi connectivity index (χ0v) is 17.0. The van der Waals surface area contributed by atoms with Crippen LogP contribution >= 0.6 is 0 Å². The van der Waals surface area contributed by atoms with Gasteiger partial charge in [-0.25, -0.2) is 14.4 Å². The number of carbonyl (C=O) groups excluding carboxylic acids is 2. The number of carbonyl (C=O) groups is 3. The smallest absolute Gasteiger partial charge is 0.338 e. The summed E-state index contributed by atoms with van der Waals surface area (Å²) >= 11 is 0. The first-order valence-corrected chi connectivity index (χ1v) is 9.00. The topological polar surface area (TPSA) is 89.9 Å². The van der Waals surface area contributed by atoms with Gasteiger partial charge in [0, 0.05) is 22.3 Å². The molecule has 0 aromatic heterocycles. The molecular weight excluding hydrogens is 384 g/mol. The standard InChI is InChI=1S/C24H22O6/c1-14(2)23(27)29-20-8-6-7-17(12-20)18-9-10-19(11-16(5)22(25)26)21(13-18)30-24(28)15(3)4/h6-13H,1,3H2,2,4-5H3,(H,25,26). The Hall–Kier alpha value is -3.93. The highest BCUT2D eigenvalue weighted by atomic mass is 16.5. The predicted octanol–water partition coefficient (Wildman–Crippen LogP) is 4.80. The van der Waals surface area contributed by atoms with Crippen molar-refractivity contribution < 1.29 is 29.0 Å². The van der Waals surface area contributed by atoms with Crippen molar-refractivity contribution in [3.05, 3.63) is 77.9 Å². The molecule has 0 saturated heterocycles. The van der Waals surface area contributed by atoms with Gasteiger partial charge < -0.3 is 14.6 Å². The normalized spacial score (nSPS) is 10.8. The monoisotopic (exact) mass is 406 g/mol. The van der Waals surface area contributed by atoms with E-state index < -0.39 is 17.9 Å². The van der Waals surface area contributed by atoms with Crippen molar-refractivity contribution in [3.8, 4) is 22.6 Å². The molecule has 0 bridgehead atoms. The summed E-state index contributed by atoms with van der Waals surface area (Å²) < 4.78 is 10.7. The van der Waals surface area contributed by atoms with Gasteiger partial charge in [-0.2, -0.15) is 0 Å². The number of hydrogen-bond donors (Lipinski definition) is 1. The first-order chi connectivity index (χ1) is 14.1. The molecule has 0 radical (unpaired) electrons. The van der Waals surface area contributed by atoms with Crippen LogP contribution in [0.1, 0.15) is 26.3 Å². The van der Waals surface area contributed by atoms with Gasteiger partial charge in [0.25, 0.3) is 0 Å². The minimum atomic E-state index is -1.08. The lowest BCUT2D eigenvalue weighted by molar-refractivity contribution is -0.132. The molecule has 2 rings (SSSR count). The molecular formula is C24H22O6. The minimum Gasteiger partial charge on any atom is -0.478 e. The first-order valence-electron chi connectivity index (χ1n) is 9.00. The van der Waals surface area contributed by atoms with E-state index in [0.717, 1.165) is 0 Å². The number of ether oxygens (including phenoxy) is 2. The SMILES string of the molecule is C=C(C)C(=O)Oc1cccc(-c2ccc(C=C(C)C(=O)O)c(OC(=O)C(=C)C)c2)c1. The largest absolute Gasteiger partial charge is 0.478 e. The van der Waals surface area contributed by atoms with Crippen molar-refractivity contribution in [1.82, 2.24) is 0 Å². The summed E-state index contributed by atoms with van der Waals surface area (Å²) in [6, 6.07) is 11.8. The molecule has 0 aliphatic carbocycles. The highest BCUT2D eigenvalue weighted by Gasteiger charge is 2.13. The molecule has 0 saturated carbocycles. The predicted molar refractivity (Wildman–Crippen MR) is 114 cm³/mol. The van der Waals surface area contributed by atoms with Crippen LogP contribution in [0.15, 0.2) is 72.3 Å². The Morgan fingerprint density at radius 3 is 2.07 bits per heavy atom. The second-order valence-electron chi connectivity index (χ2n) is 6.75. The lowest BCUT2D eigenvalue weighted by Crippen LogP contribution is -2.09. The van der Waals surface area contributed by atoms with E-state index in [-0.39, 0.29) is 22.5 Å². The zero-order chi connectivity index (χ0) is 22.4. The van der Waals surface area contributed by atoms with Crippen LogP contribution in [-0.2, 0) is 14.4 Å². The van der Waals surface area contributed by atoms with E-state index in [2.05, 4.69) is 13.2 Å². The Morgan fingerprint density at radius 1 is 0.867 bits per heavy atom. The van der Waals surface area contributed by atoms with Crippen LogP contribution in [0.2, 0.25) is 0 Å². The molecule has 6 nitrogen and oxygen atoms in total. The fourth-order valence-corrected chi connectivity index (χ4v) is 2.34. The molecule has 0 spiro atoms. The average molecular weight is 406 g/mol. The van der Waals surface area contributed by atoms with Gasteiger partial charge in [0.05, 0.1) is 0 Å². The van der Waals surface area contributed by atoms with Crippen LogP contribution in [0.4, 0.5) is 0 Å². The molecule has 0 heterocycles. The summed E-state index contributed by atoms with van der Waals surface area (Å²) in [4.78, 5) is 35.0. The molecule has 1 N–H and O–H groups in total. The van der Waals surface area contributed by atoms with Crippen LogP contribution in [0.3, 0.4) is 0 Å². The molecule has 30 heavy (non-hydrogen) atoms. The summed E-state index contributed by atoms with van der Waals surface area (Å²) in [6.45, 7) is 11.6. The Labute approximate surface area is 174 Å². The van der Waals surface area contributed by atoms with Crippen molar-refractivity contribution in [2.75, 3.05) is 0 Å². The molecule has 0 fully saturated rings. The first kappa shape index (κ1) is 22.4. The number of hydrogen-bond acceptors (Lipinski definition) is 5. The lowest BCUT2D eigenvalue weighted by atomic mass is 10.0. The van der Waals surface area contributed by atoms with Crippen LogP contribution in [0, 0.1) is 0 Å². The number of rotatable bonds is 7. The van der Waals surface area contributed by atoms with E-state index in [0.29, 0.717) is 22.4 Å². The Balaban J connectivity index is 2.49. The summed E-state index contributed by atoms with van der Waals surface area (Å²) in [5.41, 5.74) is 2.39. The van der Waals surface area contributed by atoms with Gasteiger partial charge in [0.15, 0.2) is 0 Å². The van der Waals surface area contributed by atoms with Crippen molar-refractivity contribution in [2.24, 2.45) is 0 Å². The third-order valence-electron chi connectivity index (χ3n) is 4.00. The van der Waals surface area contributed by atoms with Gasteiger partial charge in [-0.1, -0.05) is 37.4 Å². The van der Waals surface area contributed by atoms with Crippen molar-refractivity contribution >= 4 is 24.0 Å². The third kappa shape index (κ3) is 5.78. The van der Waals surface area contributed by atoms with E-state index >= 15 is 0 Å². The Bertz CT molecular complexity index is 1070. The van der Waals surface area contributed by atoms with E-state index in [1.807, 2.05) is 0 Å². The summed E-state index contributed by atoms with van der Waals surface area (Å²) in [6.07, 6.45) is 1.41. The second kappa shape index (κ2) is 9.52. The van der Waals surface area contributed by atoms with Crippen molar-refractivity contribution in [1.29, 1.82) is 0 Å². The maximum absolute atomic E-state index is 12.0. The van der Waals surface area contributed by atoms with Crippen LogP contribution < -0.4 is 9.47 Å². The van der Waals surface area contributed by atoms with Crippen molar-refractivity contribution in [3.63, 3.8) is 0 Å². The van der Waals surface area contributed by atoms with Gasteiger partial charge in [0.2, 0.25) is 0 Å². The van der Waals surface area contributed by atoms with E-state index in [4.69, 9.17) is 14.6 Å². The van der Waals surface area contributed by atoms with Gasteiger partial charge in [-0.3, -0.25) is 0 Å². The number of aliphatic carboxylic acids is 1. The Morgan fingerprint density at radius 2 is 1.47 bits per heavy atom. The quantitative estimate of drug-likeness (QED) is 0.403. The van der Waals surface area contributed by atoms with E-state index in [1.54, 1.807) is 49.4 Å². The third-order valence-corrected chi connectivity index (χ3v) is 4.00. The zero-order valence-electron chi connectivity index (χ0n) is 17.0. The maximum Gasteiger partial charge on any atom is 0.338 e. The maximum atomic E-state index is 12.0. The summed E-state index contributed by atoms with van der Waals surface area (Å²) in [5.74, 6) is -1.72. The highest BCUT2D eigenvalue weighted by Crippen LogP contribution is 2.31. The van der Waals surface area contributed by atoms with Crippen LogP contribution in [0.25, 0.3) is 17.2 Å². The molecule has 0 aliphatic heterocycles. The van der Waals surface area contributed by atoms with Crippen LogP contribution in [0.5, 0.6) is 11.5 Å². The molecule has 154 valence electrons.